The smallest absolute Gasteiger partial charge is 0.277 e. The van der Waals surface area contributed by atoms with Gasteiger partial charge in [-0.15, -0.1) is 11.3 Å². The van der Waals surface area contributed by atoms with Gasteiger partial charge in [-0.05, 0) is 26.3 Å². The van der Waals surface area contributed by atoms with E-state index in [0.29, 0.717) is 23.2 Å². The molecule has 1 aromatic rings. The Bertz CT molecular complexity index is 463. The number of ether oxygens (including phenoxy) is 1. The van der Waals surface area contributed by atoms with E-state index in [1.54, 1.807) is 7.11 Å². The number of hydrogen-bond acceptors (Lipinski definition) is 6. The number of piperidine rings is 1. The van der Waals surface area contributed by atoms with Gasteiger partial charge in [0.25, 0.3) is 5.91 Å². The van der Waals surface area contributed by atoms with Crippen LogP contribution in [0.4, 0.5) is 0 Å². The molecule has 7 heteroatoms. The molecule has 1 unspecified atom stereocenters. The lowest BCUT2D eigenvalue weighted by Crippen LogP contribution is -2.36. The van der Waals surface area contributed by atoms with Crippen LogP contribution in [0.1, 0.15) is 46.6 Å². The van der Waals surface area contributed by atoms with Crippen LogP contribution in [0, 0.1) is 0 Å². The van der Waals surface area contributed by atoms with Crippen LogP contribution in [0.2, 0.25) is 0 Å². The van der Waals surface area contributed by atoms with Crippen molar-refractivity contribution in [1.82, 2.24) is 15.3 Å². The summed E-state index contributed by atoms with van der Waals surface area (Å²) in [5, 5.41) is 0.949. The average Bonchev–Trinajstić information content (AvgIpc) is 2.84. The van der Waals surface area contributed by atoms with E-state index in [1.807, 2.05) is 0 Å². The van der Waals surface area contributed by atoms with Crippen molar-refractivity contribution in [2.45, 2.75) is 45.4 Å². The Morgan fingerprint density at radius 3 is 3.05 bits per heavy atom. The number of carbonyl (C=O) groups excluding carboxylic acids is 1. The van der Waals surface area contributed by atoms with Crippen molar-refractivity contribution in [2.24, 2.45) is 5.84 Å². The van der Waals surface area contributed by atoms with Crippen molar-refractivity contribution in [3.8, 4) is 0 Å². The van der Waals surface area contributed by atoms with Crippen LogP contribution in [0.3, 0.4) is 0 Å². The molecule has 1 saturated heterocycles. The maximum atomic E-state index is 11.7. The molecule has 3 N–H and O–H groups in total. The minimum absolute atomic E-state index is 0.299. The van der Waals surface area contributed by atoms with E-state index in [2.05, 4.69) is 22.2 Å². The Morgan fingerprint density at radius 2 is 2.40 bits per heavy atom. The molecule has 0 aliphatic carbocycles. The predicted octanol–water partition coefficient (Wildman–Crippen LogP) is 1.27. The second kappa shape index (κ2) is 7.12. The first kappa shape index (κ1) is 15.4. The molecule has 1 fully saturated rings. The van der Waals surface area contributed by atoms with Gasteiger partial charge in [0.15, 0.2) is 0 Å². The highest BCUT2D eigenvalue weighted by Crippen LogP contribution is 2.24. The lowest BCUT2D eigenvalue weighted by Gasteiger charge is -2.32. The summed E-state index contributed by atoms with van der Waals surface area (Å²) in [5.41, 5.74) is 2.83. The molecule has 112 valence electrons. The van der Waals surface area contributed by atoms with E-state index < -0.39 is 0 Å². The Labute approximate surface area is 123 Å². The molecule has 0 radical (unpaired) electrons. The molecular weight excluding hydrogens is 276 g/mol. The zero-order chi connectivity index (χ0) is 14.5. The van der Waals surface area contributed by atoms with Gasteiger partial charge in [0, 0.05) is 13.2 Å². The van der Waals surface area contributed by atoms with Crippen LogP contribution in [0.5, 0.6) is 0 Å². The number of methoxy groups -OCH3 is 1. The molecule has 1 aromatic heterocycles. The Balaban J connectivity index is 2.13. The molecule has 6 nitrogen and oxygen atoms in total. The highest BCUT2D eigenvalue weighted by molar-refractivity contribution is 7.13. The van der Waals surface area contributed by atoms with Gasteiger partial charge in [0.2, 0.25) is 0 Å². The molecule has 2 rings (SSSR count). The third-order valence-corrected chi connectivity index (χ3v) is 4.72. The fourth-order valence-corrected chi connectivity index (χ4v) is 3.51. The molecule has 1 atom stereocenters. The molecule has 0 saturated carbocycles. The van der Waals surface area contributed by atoms with E-state index >= 15 is 0 Å². The summed E-state index contributed by atoms with van der Waals surface area (Å²) in [4.78, 5) is 19.2. The quantitative estimate of drug-likeness (QED) is 0.486. The van der Waals surface area contributed by atoms with Gasteiger partial charge in [-0.3, -0.25) is 15.1 Å². The maximum Gasteiger partial charge on any atom is 0.277 e. The Kier molecular flexibility index (Phi) is 5.47. The molecule has 1 aliphatic rings. The fourth-order valence-electron chi connectivity index (χ4n) is 2.51. The minimum atomic E-state index is -0.299. The van der Waals surface area contributed by atoms with Crippen molar-refractivity contribution in [3.63, 3.8) is 0 Å². The van der Waals surface area contributed by atoms with Crippen molar-refractivity contribution < 1.29 is 9.53 Å². The number of hydrogen-bond donors (Lipinski definition) is 2. The number of carbonyl (C=O) groups is 1. The number of nitrogen functional groups attached to an aromatic ring is 1. The van der Waals surface area contributed by atoms with Gasteiger partial charge in [-0.1, -0.05) is 6.42 Å². The number of aromatic nitrogens is 1. The molecule has 0 bridgehead atoms. The molecule has 2 heterocycles. The third-order valence-electron chi connectivity index (χ3n) is 3.64. The number of likely N-dealkylation sites (tertiary alicyclic amines) is 1. The van der Waals surface area contributed by atoms with E-state index in [-0.39, 0.29) is 5.91 Å². The highest BCUT2D eigenvalue weighted by atomic mass is 32.1. The van der Waals surface area contributed by atoms with Crippen LogP contribution in [0.25, 0.3) is 0 Å². The molecule has 0 spiro atoms. The summed E-state index contributed by atoms with van der Waals surface area (Å²) in [5.74, 6) is 4.91. The van der Waals surface area contributed by atoms with Crippen LogP contribution < -0.4 is 11.3 Å². The van der Waals surface area contributed by atoms with Crippen LogP contribution in [0.15, 0.2) is 0 Å². The zero-order valence-electron chi connectivity index (χ0n) is 12.0. The summed E-state index contributed by atoms with van der Waals surface area (Å²) >= 11 is 1.40. The van der Waals surface area contributed by atoms with Crippen molar-refractivity contribution in [2.75, 3.05) is 13.7 Å². The molecular formula is C13H22N4O2S. The predicted molar refractivity (Wildman–Crippen MR) is 78.2 cm³/mol. The maximum absolute atomic E-state index is 11.7. The van der Waals surface area contributed by atoms with Gasteiger partial charge < -0.3 is 4.74 Å². The summed E-state index contributed by atoms with van der Waals surface area (Å²) in [6, 6.07) is 0.574. The largest absolute Gasteiger partial charge is 0.378 e. The first-order valence-corrected chi connectivity index (χ1v) is 7.70. The van der Waals surface area contributed by atoms with E-state index in [1.165, 1.54) is 30.6 Å². The zero-order valence-corrected chi connectivity index (χ0v) is 12.8. The average molecular weight is 298 g/mol. The Hall–Kier alpha value is -1.02. The first-order chi connectivity index (χ1) is 9.65. The van der Waals surface area contributed by atoms with Crippen molar-refractivity contribution in [1.29, 1.82) is 0 Å². The van der Waals surface area contributed by atoms with Crippen molar-refractivity contribution in [3.05, 3.63) is 15.6 Å². The standard InChI is InChI=1S/C13H22N4O2S/c1-9-5-3-4-6-17(9)7-11-15-10(8-19-2)12(20-11)13(18)16-14/h9H,3-8,14H2,1-2H3,(H,16,18). The number of nitrogens with two attached hydrogens (primary N) is 1. The third kappa shape index (κ3) is 3.54. The fraction of sp³-hybridized carbons (Fsp3) is 0.692. The van der Waals surface area contributed by atoms with Crippen LogP contribution in [-0.2, 0) is 17.9 Å². The van der Waals surface area contributed by atoms with Gasteiger partial charge in [0.05, 0.1) is 18.8 Å². The number of nitrogens with zero attached hydrogens (tertiary/aromatic N) is 2. The van der Waals surface area contributed by atoms with E-state index in [9.17, 15) is 4.79 Å². The summed E-state index contributed by atoms with van der Waals surface area (Å²) in [6.07, 6.45) is 3.76. The van der Waals surface area contributed by atoms with Crippen LogP contribution >= 0.6 is 11.3 Å². The van der Waals surface area contributed by atoms with Gasteiger partial charge in [-0.25, -0.2) is 10.8 Å². The Morgan fingerprint density at radius 1 is 1.60 bits per heavy atom. The molecule has 1 aliphatic heterocycles. The van der Waals surface area contributed by atoms with Crippen LogP contribution in [-0.4, -0.2) is 35.5 Å². The summed E-state index contributed by atoms with van der Waals surface area (Å²) in [7, 11) is 1.59. The highest BCUT2D eigenvalue weighted by Gasteiger charge is 2.22. The van der Waals surface area contributed by atoms with Crippen molar-refractivity contribution >= 4 is 17.2 Å². The monoisotopic (exact) mass is 298 g/mol. The molecule has 0 aromatic carbocycles. The minimum Gasteiger partial charge on any atom is -0.378 e. The van der Waals surface area contributed by atoms with Gasteiger partial charge in [-0.2, -0.15) is 0 Å². The first-order valence-electron chi connectivity index (χ1n) is 6.88. The lowest BCUT2D eigenvalue weighted by atomic mass is 10.0. The number of rotatable bonds is 5. The number of amides is 1. The molecule has 20 heavy (non-hydrogen) atoms. The summed E-state index contributed by atoms with van der Waals surface area (Å²) < 4.78 is 5.10. The number of thiazole rings is 1. The molecule has 1 amide bonds. The topological polar surface area (TPSA) is 80.5 Å². The summed E-state index contributed by atoms with van der Waals surface area (Å²) in [6.45, 7) is 4.46. The lowest BCUT2D eigenvalue weighted by molar-refractivity contribution is 0.0952. The second-order valence-corrected chi connectivity index (χ2v) is 6.19. The number of hydrazine groups is 1. The van der Waals surface area contributed by atoms with E-state index in [0.717, 1.165) is 18.1 Å². The van der Waals surface area contributed by atoms with E-state index in [4.69, 9.17) is 10.6 Å². The number of nitrogens with one attached hydrogen (secondary N) is 1. The SMILES string of the molecule is COCc1nc(CN2CCCCC2C)sc1C(=O)NN. The second-order valence-electron chi connectivity index (χ2n) is 5.11. The van der Waals surface area contributed by atoms with Gasteiger partial charge >= 0.3 is 0 Å². The normalized spacial score (nSPS) is 20.1. The van der Waals surface area contributed by atoms with Gasteiger partial charge in [0.1, 0.15) is 9.88 Å².